The standard InChI is InChI=1S/C92H59NSSi/c1-3-20-74(21-4-1)95(75-22-5-2-6-23-75)90-58-72(80-29-15-30-84-81-26-11-12-31-89(81)94-92(80)84)48-52-82(90)83-53-51-73(59-91(83)95)93-87-54-49-70(64-36-32-60(33-37-64)62-40-44-68(45-41-62)78-27-13-18-66-16-7-9-24-76(66)78)56-85(87)86-57-71(50-55-88(86)93)65-38-34-61(35-39-65)63-42-46-69(47-43-63)79-28-14-19-67-17-8-10-25-77(67)79/h1-59H. The molecule has 3 heterocycles. The molecule has 18 aromatic rings. The zero-order chi connectivity index (χ0) is 62.6. The Labute approximate surface area is 557 Å². The maximum absolute atomic E-state index is 3.00. The van der Waals surface area contributed by atoms with E-state index in [2.05, 4.69) is 362 Å². The van der Waals surface area contributed by atoms with E-state index in [1.54, 1.807) is 0 Å². The Morgan fingerprint density at radius 3 is 1.13 bits per heavy atom. The molecule has 16 aromatic carbocycles. The van der Waals surface area contributed by atoms with E-state index in [1.165, 1.54) is 173 Å². The first-order chi connectivity index (χ1) is 47.1. The van der Waals surface area contributed by atoms with Crippen LogP contribution in [0, 0.1) is 0 Å². The van der Waals surface area contributed by atoms with Crippen LogP contribution in [0.4, 0.5) is 0 Å². The third-order valence-corrected chi connectivity index (χ3v) is 26.4. The van der Waals surface area contributed by atoms with E-state index in [0.29, 0.717) is 0 Å². The third kappa shape index (κ3) is 8.96. The van der Waals surface area contributed by atoms with Crippen LogP contribution < -0.4 is 20.7 Å². The van der Waals surface area contributed by atoms with E-state index in [-0.39, 0.29) is 0 Å². The summed E-state index contributed by atoms with van der Waals surface area (Å²) in [6.07, 6.45) is 0. The molecule has 0 saturated carbocycles. The second kappa shape index (κ2) is 22.3. The molecule has 0 fully saturated rings. The molecule has 0 radical (unpaired) electrons. The summed E-state index contributed by atoms with van der Waals surface area (Å²) in [6.45, 7) is 0. The van der Waals surface area contributed by atoms with Crippen molar-refractivity contribution < 1.29 is 0 Å². The van der Waals surface area contributed by atoms with E-state index in [1.807, 2.05) is 11.3 Å². The lowest BCUT2D eigenvalue weighted by atomic mass is 9.95. The van der Waals surface area contributed by atoms with Gasteiger partial charge in [0.2, 0.25) is 0 Å². The molecule has 0 bridgehead atoms. The fourth-order valence-corrected chi connectivity index (χ4v) is 22.2. The zero-order valence-corrected chi connectivity index (χ0v) is 53.7. The number of fused-ring (bicyclic) bond motifs is 11. The van der Waals surface area contributed by atoms with E-state index in [4.69, 9.17) is 0 Å². The number of thiophene rings is 1. The van der Waals surface area contributed by atoms with Gasteiger partial charge >= 0.3 is 0 Å². The maximum atomic E-state index is 2.58. The van der Waals surface area contributed by atoms with Gasteiger partial charge in [0.05, 0.1) is 11.0 Å². The Morgan fingerprint density at radius 2 is 0.600 bits per heavy atom. The van der Waals surface area contributed by atoms with Crippen molar-refractivity contribution in [3.63, 3.8) is 0 Å². The lowest BCUT2D eigenvalue weighted by molar-refractivity contribution is 1.18. The Bertz CT molecular complexity index is 5770. The van der Waals surface area contributed by atoms with Gasteiger partial charge in [0.15, 0.2) is 8.07 Å². The molecule has 0 atom stereocenters. The molecule has 3 heteroatoms. The summed E-state index contributed by atoms with van der Waals surface area (Å²) in [6, 6.07) is 135. The molecular weight excluding hydrogens is 1180 g/mol. The Balaban J connectivity index is 0.741. The third-order valence-electron chi connectivity index (χ3n) is 20.3. The van der Waals surface area contributed by atoms with Crippen LogP contribution in [0.3, 0.4) is 0 Å². The quantitative estimate of drug-likeness (QED) is 0.120. The van der Waals surface area contributed by atoms with Gasteiger partial charge in [0, 0.05) is 36.6 Å². The molecule has 95 heavy (non-hydrogen) atoms. The Hall–Kier alpha value is -11.7. The fourth-order valence-electron chi connectivity index (χ4n) is 15.8. The van der Waals surface area contributed by atoms with Crippen molar-refractivity contribution in [1.29, 1.82) is 0 Å². The van der Waals surface area contributed by atoms with Gasteiger partial charge in [0.1, 0.15) is 0 Å². The lowest BCUT2D eigenvalue weighted by Gasteiger charge is -2.32. The van der Waals surface area contributed by atoms with Crippen molar-refractivity contribution >= 4 is 104 Å². The topological polar surface area (TPSA) is 4.93 Å². The molecule has 2 aromatic heterocycles. The van der Waals surface area contributed by atoms with Crippen molar-refractivity contribution in [2.24, 2.45) is 0 Å². The summed E-state index contributed by atoms with van der Waals surface area (Å²) in [5.74, 6) is 0. The molecule has 0 saturated heterocycles. The number of hydrogen-bond donors (Lipinski definition) is 0. The van der Waals surface area contributed by atoms with E-state index >= 15 is 0 Å². The van der Waals surface area contributed by atoms with Gasteiger partial charge in [0.25, 0.3) is 0 Å². The molecule has 19 rings (SSSR count). The zero-order valence-electron chi connectivity index (χ0n) is 51.9. The predicted octanol–water partition coefficient (Wildman–Crippen LogP) is 22.5. The normalized spacial score (nSPS) is 12.5. The van der Waals surface area contributed by atoms with Crippen LogP contribution in [-0.2, 0) is 0 Å². The highest BCUT2D eigenvalue weighted by Crippen LogP contribution is 2.44. The number of rotatable bonds is 10. The summed E-state index contributed by atoms with van der Waals surface area (Å²) in [7, 11) is -3.00. The smallest absolute Gasteiger partial charge is 0.180 e. The van der Waals surface area contributed by atoms with Gasteiger partial charge in [-0.1, -0.05) is 315 Å². The predicted molar refractivity (Wildman–Crippen MR) is 409 cm³/mol. The molecule has 0 aliphatic carbocycles. The molecule has 442 valence electrons. The van der Waals surface area contributed by atoms with Gasteiger partial charge in [-0.2, -0.15) is 0 Å². The second-order valence-electron chi connectivity index (χ2n) is 25.4. The van der Waals surface area contributed by atoms with Crippen LogP contribution in [-0.4, -0.2) is 12.6 Å². The summed E-state index contributed by atoms with van der Waals surface area (Å²) in [5, 5.41) is 15.7. The van der Waals surface area contributed by atoms with Gasteiger partial charge < -0.3 is 4.57 Å². The SMILES string of the molecule is c1ccc([Si]2(c3ccccc3)c3cc(-c4cccc5c4sc4ccccc45)ccc3-c3ccc(-n4c5ccc(-c6ccc(-c7ccc(-c8cccc9ccccc89)cc7)cc6)cc5c5cc(-c6ccc(-c7ccc(-c8cccc9ccccc89)cc7)cc6)ccc54)cc32)cc1. The number of nitrogens with zero attached hydrogens (tertiary/aromatic N) is 1. The summed E-state index contributed by atoms with van der Waals surface area (Å²) < 4.78 is 5.20. The van der Waals surface area contributed by atoms with E-state index < -0.39 is 8.07 Å². The highest BCUT2D eigenvalue weighted by molar-refractivity contribution is 7.26. The Kier molecular flexibility index (Phi) is 12.9. The lowest BCUT2D eigenvalue weighted by Crippen LogP contribution is -2.72. The van der Waals surface area contributed by atoms with Gasteiger partial charge in [-0.3, -0.25) is 0 Å². The number of benzene rings is 16. The van der Waals surface area contributed by atoms with Crippen LogP contribution in [0.1, 0.15) is 0 Å². The van der Waals surface area contributed by atoms with Crippen molar-refractivity contribution in [3.8, 4) is 94.7 Å². The average molecular weight is 1240 g/mol. The van der Waals surface area contributed by atoms with Gasteiger partial charge in [-0.25, -0.2) is 0 Å². The number of aromatic nitrogens is 1. The molecule has 0 amide bonds. The first kappa shape index (κ1) is 55.0. The molecule has 1 aliphatic heterocycles. The monoisotopic (exact) mass is 1240 g/mol. The van der Waals surface area contributed by atoms with Crippen LogP contribution in [0.15, 0.2) is 358 Å². The van der Waals surface area contributed by atoms with E-state index in [0.717, 1.165) is 5.69 Å². The maximum Gasteiger partial charge on any atom is 0.180 e. The van der Waals surface area contributed by atoms with Crippen molar-refractivity contribution in [1.82, 2.24) is 4.57 Å². The van der Waals surface area contributed by atoms with Crippen LogP contribution >= 0.6 is 11.3 Å². The van der Waals surface area contributed by atoms with Crippen molar-refractivity contribution in [2.75, 3.05) is 0 Å². The second-order valence-corrected chi connectivity index (χ2v) is 30.2. The molecule has 0 spiro atoms. The largest absolute Gasteiger partial charge is 0.309 e. The molecule has 1 aliphatic rings. The van der Waals surface area contributed by atoms with E-state index in [9.17, 15) is 0 Å². The average Bonchev–Trinajstić information content (AvgIpc) is 1.53. The van der Waals surface area contributed by atoms with Crippen molar-refractivity contribution in [2.45, 2.75) is 0 Å². The summed E-state index contributed by atoms with van der Waals surface area (Å²) >= 11 is 1.90. The number of hydrogen-bond acceptors (Lipinski definition) is 1. The first-order valence-electron chi connectivity index (χ1n) is 32.9. The van der Waals surface area contributed by atoms with Gasteiger partial charge in [-0.05, 0) is 174 Å². The van der Waals surface area contributed by atoms with Gasteiger partial charge in [-0.15, -0.1) is 11.3 Å². The van der Waals surface area contributed by atoms with Crippen LogP contribution in [0.2, 0.25) is 0 Å². The molecule has 0 N–H and O–H groups in total. The molecule has 1 nitrogen and oxygen atoms in total. The van der Waals surface area contributed by atoms with Crippen molar-refractivity contribution in [3.05, 3.63) is 358 Å². The summed E-state index contributed by atoms with van der Waals surface area (Å²) in [4.78, 5) is 0. The minimum atomic E-state index is -3.00. The van der Waals surface area contributed by atoms with Crippen LogP contribution in [0.5, 0.6) is 0 Å². The van der Waals surface area contributed by atoms with Crippen LogP contribution in [0.25, 0.3) is 158 Å². The highest BCUT2D eigenvalue weighted by atomic mass is 32.1. The molecular formula is C92H59NSSi. The molecule has 0 unspecified atom stereocenters. The summed E-state index contributed by atoms with van der Waals surface area (Å²) in [5.41, 5.74) is 23.1. The minimum Gasteiger partial charge on any atom is -0.309 e. The minimum absolute atomic E-state index is 1.16. The Morgan fingerprint density at radius 1 is 0.221 bits per heavy atom. The fraction of sp³-hybridized carbons (Fsp3) is 0. The first-order valence-corrected chi connectivity index (χ1v) is 35.7. The highest BCUT2D eigenvalue weighted by Gasteiger charge is 2.49.